The van der Waals surface area contributed by atoms with E-state index in [9.17, 15) is 28.5 Å². The summed E-state index contributed by atoms with van der Waals surface area (Å²) in [5.74, 6) is -2.52. The van der Waals surface area contributed by atoms with Crippen LogP contribution in [0.25, 0.3) is 11.3 Å². The van der Waals surface area contributed by atoms with Crippen molar-refractivity contribution in [2.24, 2.45) is 5.92 Å². The number of benzene rings is 2. The molecule has 15 nitrogen and oxygen atoms in total. The number of unbranched alkanes of at least 4 members (excludes halogenated alkanes) is 3. The van der Waals surface area contributed by atoms with Gasteiger partial charge in [0.15, 0.2) is 5.76 Å². The Kier molecular flexibility index (Phi) is 19.6. The highest BCUT2D eigenvalue weighted by Gasteiger charge is 2.34. The Balaban J connectivity index is 1.67. The molecule has 1 unspecified atom stereocenters. The SMILES string of the molecule is C[B]OP(=O)(CNC(=O)c1ccc(-c2ccc(C(=O)NCNC(=O)[C@H](CCCCC)[C@@H](CC)N(C=O)OC(=O)c3ccc(C)cc3)o2)cc1OCC)OCCCC. The molecule has 1 radical (unpaired) electrons. The molecule has 3 N–H and O–H groups in total. The van der Waals surface area contributed by atoms with Gasteiger partial charge in [-0.2, -0.15) is 5.06 Å². The molecular weight excluding hydrogens is 754 g/mol. The summed E-state index contributed by atoms with van der Waals surface area (Å²) in [6.07, 6.45) is 4.80. The number of rotatable bonds is 26. The monoisotopic (exact) mass is 809 g/mol. The minimum atomic E-state index is -3.61. The maximum atomic E-state index is 13.6. The largest absolute Gasteiger partial charge is 0.493 e. The van der Waals surface area contributed by atoms with Gasteiger partial charge < -0.3 is 38.9 Å². The van der Waals surface area contributed by atoms with Gasteiger partial charge in [0.05, 0.1) is 43.0 Å². The molecule has 0 fully saturated rings. The van der Waals surface area contributed by atoms with E-state index in [-0.39, 0.29) is 48.8 Å². The standard InChI is InChI=1S/C40H55BN4O11P/c1-7-11-13-14-31(33(9-3)45(27-46)55-40(50)29-17-15-28(5)16-18-29)37(47)42-25-43-39(49)35-22-21-34(54-35)30-19-20-32(36(24-30)52-10-4)38(48)44-26-57(51,56-41-6)53-23-12-8-2/h15-22,24,27,31,33H,7-14,23,25-26H2,1-6H3,(H,42,47)(H,43,49)(H,44,48)/t31-,33-,57?/m1/s1. The van der Waals surface area contributed by atoms with Gasteiger partial charge in [-0.05, 0) is 69.5 Å². The van der Waals surface area contributed by atoms with Crippen molar-refractivity contribution >= 4 is 45.2 Å². The highest BCUT2D eigenvalue weighted by atomic mass is 31.2. The fourth-order valence-electron chi connectivity index (χ4n) is 5.83. The minimum Gasteiger partial charge on any atom is -0.493 e. The Morgan fingerprint density at radius 2 is 1.65 bits per heavy atom. The number of carbonyl (C=O) groups excluding carboxylic acids is 5. The van der Waals surface area contributed by atoms with Crippen molar-refractivity contribution in [2.75, 3.05) is 26.2 Å². The first-order chi connectivity index (χ1) is 27.4. The van der Waals surface area contributed by atoms with Crippen LogP contribution in [0.4, 0.5) is 0 Å². The lowest BCUT2D eigenvalue weighted by molar-refractivity contribution is -0.171. The number of carbonyl (C=O) groups is 5. The van der Waals surface area contributed by atoms with Crippen molar-refractivity contribution in [1.82, 2.24) is 21.0 Å². The molecule has 2 aromatic carbocycles. The molecule has 1 aromatic heterocycles. The van der Waals surface area contributed by atoms with Crippen LogP contribution in [0, 0.1) is 12.8 Å². The predicted molar refractivity (Wildman–Crippen MR) is 216 cm³/mol. The zero-order chi connectivity index (χ0) is 41.8. The lowest BCUT2D eigenvalue weighted by Gasteiger charge is -2.31. The summed E-state index contributed by atoms with van der Waals surface area (Å²) in [7, 11) is -2.34. The molecule has 0 aliphatic carbocycles. The second kappa shape index (κ2) is 24.0. The number of nitrogens with zero attached hydrogens (tertiary/aromatic N) is 1. The van der Waals surface area contributed by atoms with E-state index >= 15 is 0 Å². The molecule has 3 atom stereocenters. The summed E-state index contributed by atoms with van der Waals surface area (Å²) in [4.78, 5) is 70.3. The molecule has 1 heterocycles. The van der Waals surface area contributed by atoms with Crippen LogP contribution in [0.1, 0.15) is 109 Å². The average Bonchev–Trinajstić information content (AvgIpc) is 3.70. The van der Waals surface area contributed by atoms with E-state index in [2.05, 4.69) is 16.0 Å². The van der Waals surface area contributed by atoms with Gasteiger partial charge in [-0.3, -0.25) is 23.7 Å². The molecule has 309 valence electrons. The van der Waals surface area contributed by atoms with E-state index in [0.717, 1.165) is 29.9 Å². The molecule has 0 bridgehead atoms. The predicted octanol–water partition coefficient (Wildman–Crippen LogP) is 7.04. The maximum Gasteiger partial charge on any atom is 0.363 e. The van der Waals surface area contributed by atoms with Crippen LogP contribution < -0.4 is 20.7 Å². The van der Waals surface area contributed by atoms with E-state index in [0.29, 0.717) is 43.4 Å². The van der Waals surface area contributed by atoms with Gasteiger partial charge in [-0.1, -0.05) is 77.0 Å². The minimum absolute atomic E-state index is 0.0355. The van der Waals surface area contributed by atoms with Gasteiger partial charge in [-0.25, -0.2) is 4.79 Å². The summed E-state index contributed by atoms with van der Waals surface area (Å²) >= 11 is 0. The Morgan fingerprint density at radius 1 is 0.912 bits per heavy atom. The summed E-state index contributed by atoms with van der Waals surface area (Å²) in [6, 6.07) is 13.8. The number of hydrogen-bond donors (Lipinski definition) is 3. The number of hydrogen-bond acceptors (Lipinski definition) is 11. The zero-order valence-electron chi connectivity index (χ0n) is 33.7. The first-order valence-corrected chi connectivity index (χ1v) is 21.1. The normalized spacial score (nSPS) is 13.0. The van der Waals surface area contributed by atoms with E-state index in [1.807, 2.05) is 20.8 Å². The van der Waals surface area contributed by atoms with Gasteiger partial charge in [0, 0.05) is 5.56 Å². The Bertz CT molecular complexity index is 1820. The zero-order valence-corrected chi connectivity index (χ0v) is 34.6. The fourth-order valence-corrected chi connectivity index (χ4v) is 7.12. The van der Waals surface area contributed by atoms with Gasteiger partial charge in [0.1, 0.15) is 17.8 Å². The van der Waals surface area contributed by atoms with Crippen molar-refractivity contribution in [2.45, 2.75) is 92.4 Å². The van der Waals surface area contributed by atoms with Crippen molar-refractivity contribution < 1.29 is 51.5 Å². The number of ether oxygens (including phenoxy) is 1. The van der Waals surface area contributed by atoms with E-state index in [4.69, 9.17) is 23.0 Å². The first kappa shape index (κ1) is 46.5. The Hall–Kier alpha value is -4.92. The summed E-state index contributed by atoms with van der Waals surface area (Å²) in [5.41, 5.74) is 1.92. The van der Waals surface area contributed by atoms with Gasteiger partial charge >= 0.3 is 21.0 Å². The van der Waals surface area contributed by atoms with Gasteiger partial charge in [0.25, 0.3) is 11.8 Å². The number of aryl methyl sites for hydroxylation is 1. The average molecular weight is 810 g/mol. The molecule has 0 aliphatic rings. The second-order valence-electron chi connectivity index (χ2n) is 13.1. The molecule has 0 aliphatic heterocycles. The molecule has 57 heavy (non-hydrogen) atoms. The molecule has 3 aromatic rings. The van der Waals surface area contributed by atoms with E-state index < -0.39 is 43.2 Å². The number of nitrogens with one attached hydrogen (secondary N) is 3. The van der Waals surface area contributed by atoms with Gasteiger partial charge in [-0.15, -0.1) is 0 Å². The van der Waals surface area contributed by atoms with Crippen molar-refractivity contribution in [1.29, 1.82) is 0 Å². The summed E-state index contributed by atoms with van der Waals surface area (Å²) in [6.45, 7) is 11.3. The highest BCUT2D eigenvalue weighted by Crippen LogP contribution is 2.46. The van der Waals surface area contributed by atoms with Crippen molar-refractivity contribution in [3.8, 4) is 17.1 Å². The number of furan rings is 1. The maximum absolute atomic E-state index is 13.6. The quantitative estimate of drug-likeness (QED) is 0.0188. The van der Waals surface area contributed by atoms with Crippen LogP contribution in [0.5, 0.6) is 5.75 Å². The summed E-state index contributed by atoms with van der Waals surface area (Å²) < 4.78 is 35.3. The lowest BCUT2D eigenvalue weighted by atomic mass is 9.90. The molecule has 0 saturated carbocycles. The fraction of sp³-hybridized carbons (Fsp3) is 0.475. The number of amides is 4. The van der Waals surface area contributed by atoms with E-state index in [1.165, 1.54) is 19.6 Å². The first-order valence-electron chi connectivity index (χ1n) is 19.4. The summed E-state index contributed by atoms with van der Waals surface area (Å²) in [5, 5.41) is 8.87. The second-order valence-corrected chi connectivity index (χ2v) is 15.1. The number of hydroxylamine groups is 2. The van der Waals surface area contributed by atoms with Crippen molar-refractivity contribution in [3.05, 3.63) is 77.0 Å². The van der Waals surface area contributed by atoms with Crippen LogP contribution in [-0.2, 0) is 28.0 Å². The Morgan fingerprint density at radius 3 is 2.30 bits per heavy atom. The lowest BCUT2D eigenvalue weighted by Crippen LogP contribution is -2.49. The molecular formula is C40H55BN4O11P. The third kappa shape index (κ3) is 14.2. The third-order valence-corrected chi connectivity index (χ3v) is 10.5. The third-order valence-electron chi connectivity index (χ3n) is 8.88. The van der Waals surface area contributed by atoms with Crippen LogP contribution >= 0.6 is 7.60 Å². The molecule has 0 saturated heterocycles. The van der Waals surface area contributed by atoms with E-state index in [1.54, 1.807) is 63.1 Å². The molecule has 3 rings (SSSR count). The topological polar surface area (TPSA) is 192 Å². The van der Waals surface area contributed by atoms with Crippen LogP contribution in [0.3, 0.4) is 0 Å². The molecule has 4 amide bonds. The van der Waals surface area contributed by atoms with Crippen LogP contribution in [0.2, 0.25) is 6.82 Å². The van der Waals surface area contributed by atoms with Crippen LogP contribution in [-0.4, -0.2) is 74.9 Å². The smallest absolute Gasteiger partial charge is 0.363 e. The Labute approximate surface area is 335 Å². The van der Waals surface area contributed by atoms with Crippen LogP contribution in [0.15, 0.2) is 59.0 Å². The van der Waals surface area contributed by atoms with Crippen molar-refractivity contribution in [3.63, 3.8) is 0 Å². The highest BCUT2D eigenvalue weighted by molar-refractivity contribution is 7.54. The molecule has 17 heteroatoms. The molecule has 0 spiro atoms. The van der Waals surface area contributed by atoms with Gasteiger partial charge in [0.2, 0.25) is 12.3 Å².